The van der Waals surface area contributed by atoms with Gasteiger partial charge in [0.1, 0.15) is 12.7 Å². The molecule has 7 heteroatoms. The van der Waals surface area contributed by atoms with E-state index in [1.54, 1.807) is 18.1 Å². The molecule has 3 atom stereocenters. The fourth-order valence-electron chi connectivity index (χ4n) is 4.18. The second-order valence-electron chi connectivity index (χ2n) is 7.49. The molecule has 0 radical (unpaired) electrons. The maximum atomic E-state index is 12.1. The summed E-state index contributed by atoms with van der Waals surface area (Å²) in [5.74, 6) is -0.0424. The van der Waals surface area contributed by atoms with Crippen LogP contribution >= 0.6 is 11.6 Å². The van der Waals surface area contributed by atoms with Gasteiger partial charge in [-0.15, -0.1) is 0 Å². The number of hydrogen-bond acceptors (Lipinski definition) is 4. The third-order valence-corrected chi connectivity index (χ3v) is 6.11. The van der Waals surface area contributed by atoms with Gasteiger partial charge in [-0.05, 0) is 42.9 Å². The fourth-order valence-corrected chi connectivity index (χ4v) is 4.31. The van der Waals surface area contributed by atoms with E-state index in [-0.39, 0.29) is 18.2 Å². The van der Waals surface area contributed by atoms with Crippen LogP contribution in [0.2, 0.25) is 5.02 Å². The zero-order valence-electron chi connectivity index (χ0n) is 15.2. The molecule has 1 aromatic carbocycles. The van der Waals surface area contributed by atoms with Gasteiger partial charge in [0.05, 0.1) is 12.1 Å². The summed E-state index contributed by atoms with van der Waals surface area (Å²) in [7, 11) is 1.63. The van der Waals surface area contributed by atoms with Gasteiger partial charge >= 0.3 is 0 Å². The summed E-state index contributed by atoms with van der Waals surface area (Å²) in [6, 6.07) is 7.72. The summed E-state index contributed by atoms with van der Waals surface area (Å²) in [5, 5.41) is 19.4. The minimum absolute atomic E-state index is 0.0162. The van der Waals surface area contributed by atoms with Gasteiger partial charge in [0, 0.05) is 23.9 Å². The monoisotopic (exact) mass is 376 g/mol. The van der Waals surface area contributed by atoms with E-state index in [1.807, 2.05) is 31.2 Å². The van der Waals surface area contributed by atoms with Crippen LogP contribution in [0.15, 0.2) is 36.9 Å². The van der Waals surface area contributed by atoms with E-state index in [1.165, 1.54) is 6.33 Å². The van der Waals surface area contributed by atoms with Crippen LogP contribution in [-0.2, 0) is 17.8 Å². The molecule has 1 aromatic heterocycles. The van der Waals surface area contributed by atoms with Gasteiger partial charge in [-0.2, -0.15) is 5.10 Å². The average Bonchev–Trinajstić information content (AvgIpc) is 3.19. The molecule has 3 rings (SSSR count). The number of carbonyl (C=O) groups is 1. The van der Waals surface area contributed by atoms with Crippen molar-refractivity contribution in [1.29, 1.82) is 0 Å². The summed E-state index contributed by atoms with van der Waals surface area (Å²) < 4.78 is 1.66. The molecule has 1 heterocycles. The molecule has 0 bridgehead atoms. The van der Waals surface area contributed by atoms with Crippen LogP contribution in [0.25, 0.3) is 0 Å². The molecule has 3 unspecified atom stereocenters. The normalized spacial score (nSPS) is 28.2. The van der Waals surface area contributed by atoms with Crippen LogP contribution in [0.3, 0.4) is 0 Å². The fraction of sp³-hybridized carbons (Fsp3) is 0.526. The van der Waals surface area contributed by atoms with Crippen molar-refractivity contribution in [3.8, 4) is 0 Å². The van der Waals surface area contributed by atoms with Gasteiger partial charge in [-0.25, -0.2) is 4.98 Å². The number of amides is 1. The van der Waals surface area contributed by atoms with Gasteiger partial charge < -0.3 is 10.4 Å². The van der Waals surface area contributed by atoms with E-state index in [2.05, 4.69) is 15.4 Å². The quantitative estimate of drug-likeness (QED) is 0.811. The Morgan fingerprint density at radius 2 is 2.15 bits per heavy atom. The topological polar surface area (TPSA) is 80.0 Å². The maximum Gasteiger partial charge on any atom is 0.220 e. The van der Waals surface area contributed by atoms with Crippen LogP contribution in [-0.4, -0.2) is 38.4 Å². The molecular weight excluding hydrogens is 352 g/mol. The number of aliphatic hydroxyl groups is 1. The van der Waals surface area contributed by atoms with Crippen LogP contribution in [0.1, 0.15) is 31.7 Å². The highest BCUT2D eigenvalue weighted by molar-refractivity contribution is 6.30. The molecule has 2 N–H and O–H groups in total. The lowest BCUT2D eigenvalue weighted by molar-refractivity contribution is -0.134. The van der Waals surface area contributed by atoms with Gasteiger partial charge in [-0.1, -0.05) is 30.7 Å². The molecule has 2 aromatic rings. The molecule has 0 saturated heterocycles. The zero-order chi connectivity index (χ0) is 18.8. The number of benzene rings is 1. The van der Waals surface area contributed by atoms with Crippen molar-refractivity contribution in [3.05, 3.63) is 47.5 Å². The van der Waals surface area contributed by atoms with Crippen molar-refractivity contribution in [3.63, 3.8) is 0 Å². The Morgan fingerprint density at radius 3 is 2.77 bits per heavy atom. The first kappa shape index (κ1) is 18.9. The molecule has 1 fully saturated rings. The summed E-state index contributed by atoms with van der Waals surface area (Å²) in [6.07, 6.45) is 5.71. The lowest BCUT2D eigenvalue weighted by Gasteiger charge is -2.42. The molecule has 0 spiro atoms. The third kappa shape index (κ3) is 3.62. The Bertz CT molecular complexity index is 749. The second kappa shape index (κ2) is 7.37. The first-order chi connectivity index (χ1) is 12.4. The van der Waals surface area contributed by atoms with E-state index in [9.17, 15) is 9.90 Å². The van der Waals surface area contributed by atoms with Gasteiger partial charge in [0.25, 0.3) is 0 Å². The van der Waals surface area contributed by atoms with E-state index >= 15 is 0 Å². The molecule has 26 heavy (non-hydrogen) atoms. The lowest BCUT2D eigenvalue weighted by Crippen LogP contribution is -2.52. The molecule has 6 nitrogen and oxygen atoms in total. The Morgan fingerprint density at radius 1 is 1.42 bits per heavy atom. The number of aromatic nitrogens is 3. The van der Waals surface area contributed by atoms with E-state index in [0.29, 0.717) is 11.6 Å². The van der Waals surface area contributed by atoms with Crippen molar-refractivity contribution in [2.75, 3.05) is 7.05 Å². The highest BCUT2D eigenvalue weighted by Gasteiger charge is 2.57. The van der Waals surface area contributed by atoms with Crippen LogP contribution in [0.5, 0.6) is 0 Å². The summed E-state index contributed by atoms with van der Waals surface area (Å²) in [5.41, 5.74) is -0.469. The van der Waals surface area contributed by atoms with Crippen LogP contribution in [0, 0.1) is 11.3 Å². The third-order valence-electron chi connectivity index (χ3n) is 5.86. The molecule has 140 valence electrons. The predicted octanol–water partition coefficient (Wildman–Crippen LogP) is 2.46. The van der Waals surface area contributed by atoms with Gasteiger partial charge in [0.15, 0.2) is 0 Å². The van der Waals surface area contributed by atoms with Gasteiger partial charge in [0.2, 0.25) is 5.91 Å². The highest BCUT2D eigenvalue weighted by Crippen LogP contribution is 2.53. The Labute approximate surface area is 158 Å². The highest BCUT2D eigenvalue weighted by atomic mass is 35.5. The van der Waals surface area contributed by atoms with Crippen LogP contribution < -0.4 is 5.32 Å². The SMILES string of the molecule is CNC(=O)CC1(C)CCC(Cc2ccc(Cl)cc2)C1(O)Cn1cncn1. The van der Waals surface area contributed by atoms with Crippen molar-refractivity contribution >= 4 is 17.5 Å². The zero-order valence-corrected chi connectivity index (χ0v) is 15.9. The summed E-state index contributed by atoms with van der Waals surface area (Å²) in [6.45, 7) is 2.32. The maximum absolute atomic E-state index is 12.1. The summed E-state index contributed by atoms with van der Waals surface area (Å²) in [4.78, 5) is 16.1. The molecular formula is C19H25ClN4O2. The minimum Gasteiger partial charge on any atom is -0.387 e. The Hall–Kier alpha value is -1.92. The molecule has 1 aliphatic rings. The molecule has 1 saturated carbocycles. The van der Waals surface area contributed by atoms with Crippen molar-refractivity contribution in [2.24, 2.45) is 11.3 Å². The van der Waals surface area contributed by atoms with Gasteiger partial charge in [-0.3, -0.25) is 9.48 Å². The van der Waals surface area contributed by atoms with E-state index in [0.717, 1.165) is 24.8 Å². The molecule has 0 aliphatic heterocycles. The number of halogens is 1. The van der Waals surface area contributed by atoms with Crippen molar-refractivity contribution < 1.29 is 9.90 Å². The van der Waals surface area contributed by atoms with Crippen molar-refractivity contribution in [2.45, 2.75) is 44.8 Å². The second-order valence-corrected chi connectivity index (χ2v) is 7.93. The largest absolute Gasteiger partial charge is 0.387 e. The summed E-state index contributed by atoms with van der Waals surface area (Å²) >= 11 is 5.99. The molecule has 1 amide bonds. The lowest BCUT2D eigenvalue weighted by atomic mass is 9.69. The number of carbonyl (C=O) groups excluding carboxylic acids is 1. The van der Waals surface area contributed by atoms with Crippen LogP contribution in [0.4, 0.5) is 0 Å². The Balaban J connectivity index is 1.89. The number of nitrogens with zero attached hydrogens (tertiary/aromatic N) is 3. The number of nitrogens with one attached hydrogen (secondary N) is 1. The molecule has 1 aliphatic carbocycles. The standard InChI is InChI=1S/C19H25ClN4O2/c1-18(10-17(25)21-2)8-7-15(9-14-3-5-16(20)6-4-14)19(18,26)11-24-13-22-12-23-24/h3-6,12-13,15,26H,7-11H2,1-2H3,(H,21,25). The van der Waals surface area contributed by atoms with E-state index < -0.39 is 11.0 Å². The predicted molar refractivity (Wildman–Crippen MR) is 99.6 cm³/mol. The number of hydrogen-bond donors (Lipinski definition) is 2. The average molecular weight is 377 g/mol. The Kier molecular flexibility index (Phi) is 5.34. The minimum atomic E-state index is -1.06. The van der Waals surface area contributed by atoms with E-state index in [4.69, 9.17) is 11.6 Å². The first-order valence-electron chi connectivity index (χ1n) is 8.86. The van der Waals surface area contributed by atoms with Crippen molar-refractivity contribution in [1.82, 2.24) is 20.1 Å². The number of rotatable bonds is 6. The smallest absolute Gasteiger partial charge is 0.220 e. The first-order valence-corrected chi connectivity index (χ1v) is 9.24.